The van der Waals surface area contributed by atoms with Gasteiger partial charge in [-0.3, -0.25) is 4.79 Å². The van der Waals surface area contributed by atoms with Crippen molar-refractivity contribution in [2.45, 2.75) is 45.3 Å². The number of ether oxygens (including phenoxy) is 2. The molecule has 5 nitrogen and oxygen atoms in total. The standard InChI is InChI=1S/C16H24N2O3/c1-11(19)17-12-5-6-15(20-4)14(9-12)18-13-7-8-21-16(2,3)10-13/h5-6,9,13,18H,7-8,10H2,1-4H3,(H,17,19). The molecule has 1 aliphatic rings. The molecule has 0 radical (unpaired) electrons. The second-order valence-corrected chi connectivity index (χ2v) is 6.04. The van der Waals surface area contributed by atoms with E-state index in [0.717, 1.165) is 36.6 Å². The Morgan fingerprint density at radius 1 is 1.43 bits per heavy atom. The highest BCUT2D eigenvalue weighted by atomic mass is 16.5. The van der Waals surface area contributed by atoms with E-state index < -0.39 is 0 Å². The van der Waals surface area contributed by atoms with Crippen LogP contribution in [0.1, 0.15) is 33.6 Å². The molecule has 0 bridgehead atoms. The van der Waals surface area contributed by atoms with Crippen LogP contribution in [0.25, 0.3) is 0 Å². The van der Waals surface area contributed by atoms with E-state index in [1.54, 1.807) is 7.11 Å². The number of hydrogen-bond acceptors (Lipinski definition) is 4. The summed E-state index contributed by atoms with van der Waals surface area (Å²) in [5.41, 5.74) is 1.54. The predicted octanol–water partition coefficient (Wildman–Crippen LogP) is 3.02. The van der Waals surface area contributed by atoms with Gasteiger partial charge in [-0.1, -0.05) is 0 Å². The molecule has 116 valence electrons. The van der Waals surface area contributed by atoms with Gasteiger partial charge in [0, 0.05) is 25.3 Å². The molecular weight excluding hydrogens is 268 g/mol. The van der Waals surface area contributed by atoms with Crippen LogP contribution in [-0.4, -0.2) is 31.3 Å². The third-order valence-corrected chi connectivity index (χ3v) is 3.58. The lowest BCUT2D eigenvalue weighted by Gasteiger charge is -2.36. The van der Waals surface area contributed by atoms with Crippen molar-refractivity contribution in [3.63, 3.8) is 0 Å². The second-order valence-electron chi connectivity index (χ2n) is 6.04. The van der Waals surface area contributed by atoms with E-state index in [1.165, 1.54) is 6.92 Å². The summed E-state index contributed by atoms with van der Waals surface area (Å²) in [6, 6.07) is 5.93. The summed E-state index contributed by atoms with van der Waals surface area (Å²) in [6.07, 6.45) is 1.89. The summed E-state index contributed by atoms with van der Waals surface area (Å²) in [4.78, 5) is 11.2. The lowest BCUT2D eigenvalue weighted by molar-refractivity contribution is -0.114. The van der Waals surface area contributed by atoms with E-state index >= 15 is 0 Å². The Hall–Kier alpha value is -1.75. The molecule has 1 aliphatic heterocycles. The molecule has 2 N–H and O–H groups in total. The summed E-state index contributed by atoms with van der Waals surface area (Å²) >= 11 is 0. The zero-order chi connectivity index (χ0) is 15.5. The lowest BCUT2D eigenvalue weighted by atomic mass is 9.94. The number of nitrogens with one attached hydrogen (secondary N) is 2. The molecule has 1 amide bonds. The summed E-state index contributed by atoms with van der Waals surface area (Å²) in [5.74, 6) is 0.687. The SMILES string of the molecule is COc1ccc(NC(C)=O)cc1NC1CCOC(C)(C)C1. The first kappa shape index (κ1) is 15.6. The van der Waals surface area contributed by atoms with Crippen LogP contribution in [0, 0.1) is 0 Å². The fourth-order valence-electron chi connectivity index (χ4n) is 2.68. The molecule has 1 heterocycles. The third-order valence-electron chi connectivity index (χ3n) is 3.58. The Bertz CT molecular complexity index is 514. The topological polar surface area (TPSA) is 59.6 Å². The highest BCUT2D eigenvalue weighted by Crippen LogP contribution is 2.32. The summed E-state index contributed by atoms with van der Waals surface area (Å²) in [6.45, 7) is 6.45. The molecule has 1 unspecified atom stereocenters. The van der Waals surface area contributed by atoms with Crippen molar-refractivity contribution < 1.29 is 14.3 Å². The minimum absolute atomic E-state index is 0.0849. The Balaban J connectivity index is 2.15. The monoisotopic (exact) mass is 292 g/mol. The van der Waals surface area contributed by atoms with Crippen LogP contribution in [-0.2, 0) is 9.53 Å². The van der Waals surface area contributed by atoms with Crippen molar-refractivity contribution >= 4 is 17.3 Å². The van der Waals surface area contributed by atoms with Crippen LogP contribution in [0.2, 0.25) is 0 Å². The first-order valence-corrected chi connectivity index (χ1v) is 7.26. The fraction of sp³-hybridized carbons (Fsp3) is 0.562. The third kappa shape index (κ3) is 4.36. The normalized spacial score (nSPS) is 20.7. The molecule has 0 aromatic heterocycles. The molecule has 1 saturated heterocycles. The number of rotatable bonds is 4. The zero-order valence-corrected chi connectivity index (χ0v) is 13.2. The molecule has 21 heavy (non-hydrogen) atoms. The number of amides is 1. The molecular formula is C16H24N2O3. The number of carbonyl (C=O) groups excluding carboxylic acids is 1. The van der Waals surface area contributed by atoms with Gasteiger partial charge in [0.25, 0.3) is 0 Å². The summed E-state index contributed by atoms with van der Waals surface area (Å²) in [5, 5.41) is 6.30. The molecule has 0 aliphatic carbocycles. The van der Waals surface area contributed by atoms with Gasteiger partial charge in [0.05, 0.1) is 18.4 Å². The number of benzene rings is 1. The van der Waals surface area contributed by atoms with E-state index in [0.29, 0.717) is 6.04 Å². The van der Waals surface area contributed by atoms with Crippen LogP contribution < -0.4 is 15.4 Å². The van der Waals surface area contributed by atoms with Gasteiger partial charge in [0.1, 0.15) is 5.75 Å². The Morgan fingerprint density at radius 3 is 2.81 bits per heavy atom. The maximum absolute atomic E-state index is 11.2. The van der Waals surface area contributed by atoms with Crippen molar-refractivity contribution in [2.24, 2.45) is 0 Å². The van der Waals surface area contributed by atoms with Crippen molar-refractivity contribution in [1.82, 2.24) is 0 Å². The van der Waals surface area contributed by atoms with Crippen molar-refractivity contribution in [1.29, 1.82) is 0 Å². The van der Waals surface area contributed by atoms with Gasteiger partial charge < -0.3 is 20.1 Å². The first-order valence-electron chi connectivity index (χ1n) is 7.26. The van der Waals surface area contributed by atoms with Gasteiger partial charge in [-0.05, 0) is 44.9 Å². The number of anilines is 2. The van der Waals surface area contributed by atoms with Gasteiger partial charge in [-0.25, -0.2) is 0 Å². The van der Waals surface area contributed by atoms with Crippen molar-refractivity contribution in [2.75, 3.05) is 24.4 Å². The van der Waals surface area contributed by atoms with Crippen LogP contribution in [0.5, 0.6) is 5.75 Å². The summed E-state index contributed by atoms with van der Waals surface area (Å²) in [7, 11) is 1.65. The second kappa shape index (κ2) is 6.35. The summed E-state index contributed by atoms with van der Waals surface area (Å²) < 4.78 is 11.1. The Labute approximate surface area is 126 Å². The molecule has 0 saturated carbocycles. The van der Waals surface area contributed by atoms with E-state index in [1.807, 2.05) is 18.2 Å². The number of methoxy groups -OCH3 is 1. The lowest BCUT2D eigenvalue weighted by Crippen LogP contribution is -2.40. The highest BCUT2D eigenvalue weighted by molar-refractivity contribution is 5.89. The van der Waals surface area contributed by atoms with E-state index in [4.69, 9.17) is 9.47 Å². The van der Waals surface area contributed by atoms with Crippen LogP contribution in [0.15, 0.2) is 18.2 Å². The molecule has 1 atom stereocenters. The Morgan fingerprint density at radius 2 is 2.19 bits per heavy atom. The molecule has 5 heteroatoms. The first-order chi connectivity index (χ1) is 9.89. The number of carbonyl (C=O) groups is 1. The number of hydrogen-bond donors (Lipinski definition) is 2. The fourth-order valence-corrected chi connectivity index (χ4v) is 2.68. The molecule has 1 aromatic carbocycles. The van der Waals surface area contributed by atoms with E-state index in [9.17, 15) is 4.79 Å². The van der Waals surface area contributed by atoms with Crippen LogP contribution >= 0.6 is 0 Å². The van der Waals surface area contributed by atoms with Gasteiger partial charge in [-0.2, -0.15) is 0 Å². The maximum Gasteiger partial charge on any atom is 0.221 e. The molecule has 2 rings (SSSR count). The largest absolute Gasteiger partial charge is 0.495 e. The average Bonchev–Trinajstić information content (AvgIpc) is 2.37. The van der Waals surface area contributed by atoms with Crippen LogP contribution in [0.3, 0.4) is 0 Å². The molecule has 0 spiro atoms. The zero-order valence-electron chi connectivity index (χ0n) is 13.2. The van der Waals surface area contributed by atoms with Gasteiger partial charge in [0.15, 0.2) is 0 Å². The average molecular weight is 292 g/mol. The van der Waals surface area contributed by atoms with Crippen LogP contribution in [0.4, 0.5) is 11.4 Å². The Kier molecular flexibility index (Phi) is 4.73. The quantitative estimate of drug-likeness (QED) is 0.895. The molecule has 1 fully saturated rings. The van der Waals surface area contributed by atoms with Gasteiger partial charge in [0.2, 0.25) is 5.91 Å². The molecule has 1 aromatic rings. The smallest absolute Gasteiger partial charge is 0.221 e. The van der Waals surface area contributed by atoms with Gasteiger partial charge in [-0.15, -0.1) is 0 Å². The van der Waals surface area contributed by atoms with Crippen molar-refractivity contribution in [3.05, 3.63) is 18.2 Å². The van der Waals surface area contributed by atoms with E-state index in [-0.39, 0.29) is 11.5 Å². The van der Waals surface area contributed by atoms with Crippen molar-refractivity contribution in [3.8, 4) is 5.75 Å². The van der Waals surface area contributed by atoms with Gasteiger partial charge >= 0.3 is 0 Å². The van der Waals surface area contributed by atoms with E-state index in [2.05, 4.69) is 24.5 Å². The maximum atomic E-state index is 11.2. The highest BCUT2D eigenvalue weighted by Gasteiger charge is 2.29. The predicted molar refractivity (Wildman–Crippen MR) is 84.0 cm³/mol. The minimum Gasteiger partial charge on any atom is -0.495 e. The minimum atomic E-state index is -0.113.